The van der Waals surface area contributed by atoms with Gasteiger partial charge in [-0.05, 0) is 48.9 Å². The molecule has 1 fully saturated rings. The number of carbonyl (C=O) groups excluding carboxylic acids is 1. The highest BCUT2D eigenvalue weighted by Crippen LogP contribution is 2.28. The van der Waals surface area contributed by atoms with E-state index in [-0.39, 0.29) is 16.8 Å². The number of nitrogens with one attached hydrogen (secondary N) is 1. The normalized spacial score (nSPS) is 15.5. The molecular formula is C27H26N4O4S. The number of morpholine rings is 1. The molecule has 1 atom stereocenters. The number of hydrogen-bond acceptors (Lipinski definition) is 6. The number of amides is 1. The number of sulfonamides is 1. The van der Waals surface area contributed by atoms with Gasteiger partial charge in [-0.1, -0.05) is 36.4 Å². The third-order valence-electron chi connectivity index (χ3n) is 6.21. The summed E-state index contributed by atoms with van der Waals surface area (Å²) in [5.74, 6) is -0.322. The standard InChI is InChI=1S/C27H26N4O4S/c1-19(20-7-3-2-4-8-20)29-27(32)23-18-26(25-9-5-6-12-28-25)30-24-11-10-21(17-22(23)24)36(33,34)31-13-15-35-16-14-31/h2-12,17-19H,13-16H2,1H3,(H,29,32). The zero-order valence-electron chi connectivity index (χ0n) is 19.8. The lowest BCUT2D eigenvalue weighted by molar-refractivity contribution is 0.0730. The van der Waals surface area contributed by atoms with Gasteiger partial charge in [0.1, 0.15) is 0 Å². The van der Waals surface area contributed by atoms with Crippen molar-refractivity contribution in [3.8, 4) is 11.4 Å². The van der Waals surface area contributed by atoms with Crippen LogP contribution in [0.2, 0.25) is 0 Å². The molecule has 2 aromatic carbocycles. The summed E-state index contributed by atoms with van der Waals surface area (Å²) in [6, 6.07) is 21.3. The zero-order valence-corrected chi connectivity index (χ0v) is 20.6. The largest absolute Gasteiger partial charge is 0.379 e. The van der Waals surface area contributed by atoms with Gasteiger partial charge in [0.25, 0.3) is 5.91 Å². The maximum atomic E-state index is 13.6. The molecular weight excluding hydrogens is 476 g/mol. The molecule has 9 heteroatoms. The third kappa shape index (κ3) is 4.86. The number of hydrogen-bond donors (Lipinski definition) is 1. The second-order valence-corrected chi connectivity index (χ2v) is 10.5. The Hall–Kier alpha value is -3.66. The number of rotatable bonds is 6. The average molecular weight is 503 g/mol. The summed E-state index contributed by atoms with van der Waals surface area (Å²) in [6.45, 7) is 3.20. The molecule has 1 N–H and O–H groups in total. The van der Waals surface area contributed by atoms with E-state index in [1.807, 2.05) is 55.5 Å². The van der Waals surface area contributed by atoms with Crippen LogP contribution in [0.4, 0.5) is 0 Å². The van der Waals surface area contributed by atoms with E-state index in [0.29, 0.717) is 54.2 Å². The van der Waals surface area contributed by atoms with Crippen molar-refractivity contribution in [3.63, 3.8) is 0 Å². The summed E-state index contributed by atoms with van der Waals surface area (Å²) in [5.41, 5.74) is 2.96. The predicted molar refractivity (Wildman–Crippen MR) is 137 cm³/mol. The maximum absolute atomic E-state index is 13.6. The summed E-state index contributed by atoms with van der Waals surface area (Å²) in [4.78, 5) is 22.7. The molecule has 4 aromatic rings. The topological polar surface area (TPSA) is 101 Å². The Morgan fingerprint density at radius 3 is 2.44 bits per heavy atom. The molecule has 5 rings (SSSR count). The number of ether oxygens (including phenoxy) is 1. The van der Waals surface area contributed by atoms with Crippen molar-refractivity contribution in [1.82, 2.24) is 19.6 Å². The third-order valence-corrected chi connectivity index (χ3v) is 8.10. The van der Waals surface area contributed by atoms with Crippen molar-refractivity contribution in [3.05, 3.63) is 90.1 Å². The highest BCUT2D eigenvalue weighted by atomic mass is 32.2. The number of benzene rings is 2. The lowest BCUT2D eigenvalue weighted by Gasteiger charge is -2.26. The summed E-state index contributed by atoms with van der Waals surface area (Å²) in [5, 5.41) is 3.50. The summed E-state index contributed by atoms with van der Waals surface area (Å²) >= 11 is 0. The minimum absolute atomic E-state index is 0.120. The molecule has 0 spiro atoms. The van der Waals surface area contributed by atoms with Crippen LogP contribution in [0, 0.1) is 0 Å². The van der Waals surface area contributed by atoms with Crippen LogP contribution in [-0.2, 0) is 14.8 Å². The molecule has 184 valence electrons. The predicted octanol–water partition coefficient (Wildman–Crippen LogP) is 3.81. The molecule has 0 bridgehead atoms. The van der Waals surface area contributed by atoms with Crippen molar-refractivity contribution in [2.75, 3.05) is 26.3 Å². The molecule has 0 aliphatic carbocycles. The molecule has 1 unspecified atom stereocenters. The number of fused-ring (bicyclic) bond motifs is 1. The van der Waals surface area contributed by atoms with Crippen LogP contribution < -0.4 is 5.32 Å². The number of nitrogens with zero attached hydrogens (tertiary/aromatic N) is 3. The molecule has 8 nitrogen and oxygen atoms in total. The molecule has 36 heavy (non-hydrogen) atoms. The van der Waals surface area contributed by atoms with Gasteiger partial charge < -0.3 is 10.1 Å². The van der Waals surface area contributed by atoms with Gasteiger partial charge in [-0.2, -0.15) is 4.31 Å². The second-order valence-electron chi connectivity index (χ2n) is 8.57. The monoisotopic (exact) mass is 502 g/mol. The van der Waals surface area contributed by atoms with Gasteiger partial charge >= 0.3 is 0 Å². The number of pyridine rings is 2. The van der Waals surface area contributed by atoms with Gasteiger partial charge in [0, 0.05) is 24.7 Å². The Morgan fingerprint density at radius 1 is 0.972 bits per heavy atom. The first kappa shape index (κ1) is 24.1. The molecule has 2 aromatic heterocycles. The van der Waals surface area contributed by atoms with E-state index < -0.39 is 10.0 Å². The van der Waals surface area contributed by atoms with Gasteiger partial charge in [0.05, 0.1) is 46.6 Å². The Morgan fingerprint density at radius 2 is 1.72 bits per heavy atom. The van der Waals surface area contributed by atoms with Gasteiger partial charge in [0.2, 0.25) is 10.0 Å². The Labute approximate surface area is 210 Å². The first-order chi connectivity index (χ1) is 17.4. The lowest BCUT2D eigenvalue weighted by atomic mass is 10.0. The quantitative estimate of drug-likeness (QED) is 0.430. The molecule has 0 radical (unpaired) electrons. The molecule has 3 heterocycles. The van der Waals surface area contributed by atoms with E-state index in [2.05, 4.69) is 10.3 Å². The van der Waals surface area contributed by atoms with E-state index in [1.165, 1.54) is 16.4 Å². The zero-order chi connectivity index (χ0) is 25.1. The van der Waals surface area contributed by atoms with Crippen LogP contribution in [-0.4, -0.2) is 54.9 Å². The SMILES string of the molecule is CC(NC(=O)c1cc(-c2ccccn2)nc2ccc(S(=O)(=O)N3CCOCC3)cc12)c1ccccc1. The molecule has 1 aliphatic rings. The van der Waals surface area contributed by atoms with Crippen molar-refractivity contribution in [2.24, 2.45) is 0 Å². The highest BCUT2D eigenvalue weighted by molar-refractivity contribution is 7.89. The summed E-state index contributed by atoms with van der Waals surface area (Å²) < 4.78 is 33.3. The van der Waals surface area contributed by atoms with Crippen molar-refractivity contribution >= 4 is 26.8 Å². The summed E-state index contributed by atoms with van der Waals surface area (Å²) in [7, 11) is -3.74. The summed E-state index contributed by atoms with van der Waals surface area (Å²) in [6.07, 6.45) is 1.66. The Balaban J connectivity index is 1.60. The van der Waals surface area contributed by atoms with E-state index in [1.54, 1.807) is 18.3 Å². The van der Waals surface area contributed by atoms with Crippen molar-refractivity contribution in [2.45, 2.75) is 17.9 Å². The van der Waals surface area contributed by atoms with E-state index in [0.717, 1.165) is 5.56 Å². The molecule has 1 aliphatic heterocycles. The van der Waals surface area contributed by atoms with E-state index in [9.17, 15) is 13.2 Å². The Kier molecular flexibility index (Phi) is 6.77. The van der Waals surface area contributed by atoms with Crippen LogP contribution in [0.5, 0.6) is 0 Å². The van der Waals surface area contributed by atoms with Crippen LogP contribution in [0.25, 0.3) is 22.3 Å². The van der Waals surface area contributed by atoms with Crippen molar-refractivity contribution < 1.29 is 17.9 Å². The molecule has 1 amide bonds. The minimum Gasteiger partial charge on any atom is -0.379 e. The first-order valence-electron chi connectivity index (χ1n) is 11.7. The number of carbonyl (C=O) groups is 1. The van der Waals surface area contributed by atoms with Gasteiger partial charge in [-0.3, -0.25) is 9.78 Å². The van der Waals surface area contributed by atoms with Gasteiger partial charge in [0.15, 0.2) is 0 Å². The molecule has 1 saturated heterocycles. The number of aromatic nitrogens is 2. The maximum Gasteiger partial charge on any atom is 0.252 e. The highest BCUT2D eigenvalue weighted by Gasteiger charge is 2.27. The lowest BCUT2D eigenvalue weighted by Crippen LogP contribution is -2.40. The van der Waals surface area contributed by atoms with Crippen LogP contribution in [0.1, 0.15) is 28.9 Å². The smallest absolute Gasteiger partial charge is 0.252 e. The Bertz CT molecular complexity index is 1490. The van der Waals surface area contributed by atoms with E-state index in [4.69, 9.17) is 9.72 Å². The van der Waals surface area contributed by atoms with Crippen molar-refractivity contribution in [1.29, 1.82) is 0 Å². The minimum atomic E-state index is -3.74. The fraction of sp³-hybridized carbons (Fsp3) is 0.222. The first-order valence-corrected chi connectivity index (χ1v) is 13.2. The second kappa shape index (κ2) is 10.1. The fourth-order valence-corrected chi connectivity index (χ4v) is 5.67. The van der Waals surface area contributed by atoms with Crippen LogP contribution >= 0.6 is 0 Å². The van der Waals surface area contributed by atoms with Gasteiger partial charge in [-0.15, -0.1) is 0 Å². The van der Waals surface area contributed by atoms with Crippen LogP contribution in [0.3, 0.4) is 0 Å². The van der Waals surface area contributed by atoms with Crippen LogP contribution in [0.15, 0.2) is 83.9 Å². The fourth-order valence-electron chi connectivity index (χ4n) is 4.23. The average Bonchev–Trinajstić information content (AvgIpc) is 2.93. The van der Waals surface area contributed by atoms with E-state index >= 15 is 0 Å². The van der Waals surface area contributed by atoms with Gasteiger partial charge in [-0.25, -0.2) is 13.4 Å². The molecule has 0 saturated carbocycles.